The smallest absolute Gasteiger partial charge is 0.224 e. The van der Waals surface area contributed by atoms with E-state index in [1.165, 1.54) is 23.3 Å². The first-order chi connectivity index (χ1) is 12.7. The molecule has 1 aliphatic carbocycles. The van der Waals surface area contributed by atoms with Gasteiger partial charge in [-0.05, 0) is 61.1 Å². The number of nitrogens with one attached hydrogen (secondary N) is 1. The standard InChI is InChI=1S/C21H23NO4S/c1-14-6-9-18(27(2,25)26)13-19(14)22-21(24)11-10-20(23)17-8-7-15-4-3-5-16(15)12-17/h6-9,12-13H,3-5,10-11H2,1-2H3,(H,22,24). The molecule has 2 aromatic carbocycles. The first-order valence-electron chi connectivity index (χ1n) is 8.99. The molecule has 0 saturated heterocycles. The summed E-state index contributed by atoms with van der Waals surface area (Å²) in [6.07, 6.45) is 4.50. The van der Waals surface area contributed by atoms with Crippen LogP contribution in [0.25, 0.3) is 0 Å². The molecule has 0 unspecified atom stereocenters. The van der Waals surface area contributed by atoms with Gasteiger partial charge < -0.3 is 5.32 Å². The normalized spacial score (nSPS) is 13.3. The van der Waals surface area contributed by atoms with Crippen molar-refractivity contribution in [3.8, 4) is 0 Å². The second kappa shape index (κ2) is 7.64. The van der Waals surface area contributed by atoms with E-state index in [2.05, 4.69) is 5.32 Å². The second-order valence-corrected chi connectivity index (χ2v) is 9.07. The van der Waals surface area contributed by atoms with Crippen LogP contribution in [0.3, 0.4) is 0 Å². The summed E-state index contributed by atoms with van der Waals surface area (Å²) in [4.78, 5) is 24.8. The predicted octanol–water partition coefficient (Wildman–Crippen LogP) is 3.49. The van der Waals surface area contributed by atoms with Crippen LogP contribution in [0.2, 0.25) is 0 Å². The summed E-state index contributed by atoms with van der Waals surface area (Å²) >= 11 is 0. The first-order valence-corrected chi connectivity index (χ1v) is 10.9. The molecule has 0 radical (unpaired) electrons. The van der Waals surface area contributed by atoms with E-state index >= 15 is 0 Å². The molecule has 0 atom stereocenters. The average Bonchev–Trinajstić information content (AvgIpc) is 3.08. The third-order valence-corrected chi connectivity index (χ3v) is 6.02. The molecule has 0 fully saturated rings. The van der Waals surface area contributed by atoms with E-state index in [-0.39, 0.29) is 29.4 Å². The fourth-order valence-corrected chi connectivity index (χ4v) is 3.94. The number of fused-ring (bicyclic) bond motifs is 1. The Balaban J connectivity index is 1.62. The van der Waals surface area contributed by atoms with Crippen LogP contribution in [0.1, 0.15) is 46.3 Å². The molecule has 0 bridgehead atoms. The quantitative estimate of drug-likeness (QED) is 0.772. The van der Waals surface area contributed by atoms with Crippen molar-refractivity contribution in [2.24, 2.45) is 0 Å². The minimum Gasteiger partial charge on any atom is -0.326 e. The van der Waals surface area contributed by atoms with Crippen LogP contribution in [0, 0.1) is 6.92 Å². The number of benzene rings is 2. The maximum atomic E-state index is 12.4. The largest absolute Gasteiger partial charge is 0.326 e. The fourth-order valence-electron chi connectivity index (χ4n) is 3.30. The van der Waals surface area contributed by atoms with Crippen LogP contribution < -0.4 is 5.32 Å². The van der Waals surface area contributed by atoms with Gasteiger partial charge in [-0.25, -0.2) is 8.42 Å². The van der Waals surface area contributed by atoms with Crippen molar-refractivity contribution in [1.29, 1.82) is 0 Å². The number of anilines is 1. The van der Waals surface area contributed by atoms with E-state index < -0.39 is 9.84 Å². The zero-order valence-electron chi connectivity index (χ0n) is 15.5. The van der Waals surface area contributed by atoms with Gasteiger partial charge in [0.2, 0.25) is 5.91 Å². The monoisotopic (exact) mass is 385 g/mol. The molecular weight excluding hydrogens is 362 g/mol. The number of sulfone groups is 1. The van der Waals surface area contributed by atoms with Gasteiger partial charge in [-0.15, -0.1) is 0 Å². The molecule has 0 heterocycles. The number of hydrogen-bond donors (Lipinski definition) is 1. The molecule has 3 rings (SSSR count). The maximum absolute atomic E-state index is 12.4. The van der Waals surface area contributed by atoms with Crippen LogP contribution >= 0.6 is 0 Å². The average molecular weight is 385 g/mol. The number of Topliss-reactive ketones (excluding diaryl/α,β-unsaturated/α-hetero) is 1. The van der Waals surface area contributed by atoms with Gasteiger partial charge >= 0.3 is 0 Å². The van der Waals surface area contributed by atoms with E-state index in [0.29, 0.717) is 11.3 Å². The third kappa shape index (κ3) is 4.63. The lowest BCUT2D eigenvalue weighted by molar-refractivity contribution is -0.116. The highest BCUT2D eigenvalue weighted by Gasteiger charge is 2.16. The van der Waals surface area contributed by atoms with Crippen molar-refractivity contribution in [1.82, 2.24) is 0 Å². The van der Waals surface area contributed by atoms with E-state index in [1.54, 1.807) is 13.0 Å². The van der Waals surface area contributed by atoms with Gasteiger partial charge in [0.1, 0.15) is 0 Å². The highest BCUT2D eigenvalue weighted by Crippen LogP contribution is 2.24. The minimum absolute atomic E-state index is 0.0540. The number of amides is 1. The second-order valence-electron chi connectivity index (χ2n) is 7.06. The fraction of sp³-hybridized carbons (Fsp3) is 0.333. The van der Waals surface area contributed by atoms with Crippen LogP contribution in [0.5, 0.6) is 0 Å². The van der Waals surface area contributed by atoms with Gasteiger partial charge in [0, 0.05) is 30.3 Å². The van der Waals surface area contributed by atoms with Crippen molar-refractivity contribution >= 4 is 27.2 Å². The first kappa shape index (κ1) is 19.3. The van der Waals surface area contributed by atoms with E-state index in [1.807, 2.05) is 18.2 Å². The van der Waals surface area contributed by atoms with E-state index in [9.17, 15) is 18.0 Å². The Morgan fingerprint density at radius 3 is 2.48 bits per heavy atom. The number of aryl methyl sites for hydroxylation is 3. The Hall–Kier alpha value is -2.47. The van der Waals surface area contributed by atoms with Gasteiger partial charge in [0.25, 0.3) is 0 Å². The summed E-state index contributed by atoms with van der Waals surface area (Å²) in [6, 6.07) is 10.4. The molecule has 1 aliphatic rings. The van der Waals surface area contributed by atoms with Crippen LogP contribution in [-0.2, 0) is 27.5 Å². The number of ketones is 1. The zero-order chi connectivity index (χ0) is 19.6. The molecule has 5 nitrogen and oxygen atoms in total. The summed E-state index contributed by atoms with van der Waals surface area (Å²) in [5.41, 5.74) is 4.41. The van der Waals surface area contributed by atoms with Crippen molar-refractivity contribution < 1.29 is 18.0 Å². The number of carbonyl (C=O) groups is 2. The molecular formula is C21H23NO4S. The molecule has 2 aromatic rings. The molecule has 6 heteroatoms. The van der Waals surface area contributed by atoms with E-state index in [4.69, 9.17) is 0 Å². The molecule has 1 N–H and O–H groups in total. The summed E-state index contributed by atoms with van der Waals surface area (Å²) in [5, 5.41) is 2.72. The van der Waals surface area contributed by atoms with Crippen molar-refractivity contribution in [3.63, 3.8) is 0 Å². The molecule has 142 valence electrons. The van der Waals surface area contributed by atoms with Gasteiger partial charge in [0.15, 0.2) is 15.6 Å². The van der Waals surface area contributed by atoms with Gasteiger partial charge in [-0.3, -0.25) is 9.59 Å². The summed E-state index contributed by atoms with van der Waals surface area (Å²) in [5.74, 6) is -0.361. The van der Waals surface area contributed by atoms with Gasteiger partial charge in [-0.1, -0.05) is 18.2 Å². The number of rotatable bonds is 6. The Kier molecular flexibility index (Phi) is 5.46. The highest BCUT2D eigenvalue weighted by atomic mass is 32.2. The highest BCUT2D eigenvalue weighted by molar-refractivity contribution is 7.90. The Bertz CT molecular complexity index is 1010. The van der Waals surface area contributed by atoms with Crippen molar-refractivity contribution in [3.05, 3.63) is 58.7 Å². The molecule has 1 amide bonds. The Labute approximate surface area is 159 Å². The molecule has 27 heavy (non-hydrogen) atoms. The van der Waals surface area contributed by atoms with Gasteiger partial charge in [-0.2, -0.15) is 0 Å². The van der Waals surface area contributed by atoms with Crippen LogP contribution in [0.4, 0.5) is 5.69 Å². The lowest BCUT2D eigenvalue weighted by atomic mass is 10.0. The molecule has 0 aromatic heterocycles. The van der Waals surface area contributed by atoms with Crippen LogP contribution in [0.15, 0.2) is 41.3 Å². The van der Waals surface area contributed by atoms with E-state index in [0.717, 1.165) is 31.1 Å². The summed E-state index contributed by atoms with van der Waals surface area (Å²) in [7, 11) is -3.35. The van der Waals surface area contributed by atoms with Crippen molar-refractivity contribution in [2.75, 3.05) is 11.6 Å². The third-order valence-electron chi connectivity index (χ3n) is 4.91. The lowest BCUT2D eigenvalue weighted by Crippen LogP contribution is -2.15. The SMILES string of the molecule is Cc1ccc(S(C)(=O)=O)cc1NC(=O)CCC(=O)c1ccc2c(c1)CCC2. The van der Waals surface area contributed by atoms with Crippen LogP contribution in [-0.4, -0.2) is 26.4 Å². The maximum Gasteiger partial charge on any atom is 0.224 e. The minimum atomic E-state index is -3.35. The molecule has 0 spiro atoms. The zero-order valence-corrected chi connectivity index (χ0v) is 16.4. The summed E-state index contributed by atoms with van der Waals surface area (Å²) < 4.78 is 23.4. The topological polar surface area (TPSA) is 80.3 Å². The van der Waals surface area contributed by atoms with Gasteiger partial charge in [0.05, 0.1) is 4.90 Å². The number of carbonyl (C=O) groups excluding carboxylic acids is 2. The predicted molar refractivity (Wildman–Crippen MR) is 105 cm³/mol. The number of hydrogen-bond acceptors (Lipinski definition) is 4. The Morgan fingerprint density at radius 1 is 1.00 bits per heavy atom. The Morgan fingerprint density at radius 2 is 1.74 bits per heavy atom. The lowest BCUT2D eigenvalue weighted by Gasteiger charge is -2.10. The molecule has 0 saturated carbocycles. The van der Waals surface area contributed by atoms with Crippen molar-refractivity contribution in [2.45, 2.75) is 43.9 Å². The summed E-state index contributed by atoms with van der Waals surface area (Å²) in [6.45, 7) is 1.79. The molecule has 0 aliphatic heterocycles.